The number of carboxylic acid groups (broad SMARTS) is 1. The van der Waals surface area contributed by atoms with E-state index in [-0.39, 0.29) is 17.1 Å². The Labute approximate surface area is 126 Å². The Morgan fingerprint density at radius 1 is 0.955 bits per heavy atom. The highest BCUT2D eigenvalue weighted by Crippen LogP contribution is 2.26. The van der Waals surface area contributed by atoms with Gasteiger partial charge in [-0.1, -0.05) is 35.9 Å². The minimum absolute atomic E-state index is 0.266. The molecule has 2 aromatic carbocycles. The third-order valence-electron chi connectivity index (χ3n) is 3.10. The van der Waals surface area contributed by atoms with Crippen molar-refractivity contribution in [1.29, 1.82) is 0 Å². The molecule has 0 heterocycles. The number of carboxylic acids is 1. The van der Waals surface area contributed by atoms with Crippen LogP contribution in [0.1, 0.15) is 21.5 Å². The van der Waals surface area contributed by atoms with E-state index < -0.39 is 17.3 Å². The number of benzene rings is 2. The number of carbonyl (C=O) groups excluding carboxylic acids is 1. The number of rotatable bonds is 4. The second-order valence-corrected chi connectivity index (χ2v) is 4.81. The van der Waals surface area contributed by atoms with Crippen LogP contribution in [0.25, 0.3) is 6.08 Å². The van der Waals surface area contributed by atoms with Gasteiger partial charge in [0.15, 0.2) is 17.3 Å². The molecule has 0 aliphatic heterocycles. The number of ketones is 1. The van der Waals surface area contributed by atoms with Gasteiger partial charge in [0.1, 0.15) is 5.57 Å². The molecule has 0 aliphatic rings. The maximum Gasteiger partial charge on any atom is 0.339 e. The van der Waals surface area contributed by atoms with Crippen molar-refractivity contribution in [1.82, 2.24) is 0 Å². The molecule has 0 unspecified atom stereocenters. The zero-order chi connectivity index (χ0) is 16.3. The molecule has 0 atom stereocenters. The first-order valence-corrected chi connectivity index (χ1v) is 6.47. The highest BCUT2D eigenvalue weighted by atomic mass is 16.4. The molecule has 0 aromatic heterocycles. The van der Waals surface area contributed by atoms with E-state index >= 15 is 0 Å². The molecule has 2 rings (SSSR count). The third-order valence-corrected chi connectivity index (χ3v) is 3.10. The standard InChI is InChI=1S/C17H14O5/c1-10-2-5-12(6-3-10)16(20)13(17(21)22)8-11-4-7-14(18)15(19)9-11/h2-9,18-19H,1H3,(H,21,22). The second-order valence-electron chi connectivity index (χ2n) is 4.81. The van der Waals surface area contributed by atoms with Crippen molar-refractivity contribution in [3.63, 3.8) is 0 Å². The summed E-state index contributed by atoms with van der Waals surface area (Å²) in [5, 5.41) is 27.9. The van der Waals surface area contributed by atoms with Crippen molar-refractivity contribution in [2.24, 2.45) is 0 Å². The largest absolute Gasteiger partial charge is 0.504 e. The Kier molecular flexibility index (Phi) is 4.27. The van der Waals surface area contributed by atoms with Crippen LogP contribution < -0.4 is 0 Å². The Hall–Kier alpha value is -3.08. The minimum Gasteiger partial charge on any atom is -0.504 e. The highest BCUT2D eigenvalue weighted by Gasteiger charge is 2.19. The SMILES string of the molecule is Cc1ccc(C(=O)C(=Cc2ccc(O)c(O)c2)C(=O)O)cc1. The smallest absolute Gasteiger partial charge is 0.339 e. The Balaban J connectivity index is 2.43. The monoisotopic (exact) mass is 298 g/mol. The van der Waals surface area contributed by atoms with Gasteiger partial charge in [0.25, 0.3) is 0 Å². The lowest BCUT2D eigenvalue weighted by Gasteiger charge is -2.04. The molecule has 22 heavy (non-hydrogen) atoms. The number of aliphatic carboxylic acids is 1. The van der Waals surface area contributed by atoms with E-state index in [1.807, 2.05) is 6.92 Å². The summed E-state index contributed by atoms with van der Waals surface area (Å²) < 4.78 is 0. The first-order chi connectivity index (χ1) is 10.4. The van der Waals surface area contributed by atoms with Gasteiger partial charge in [0, 0.05) is 5.56 Å². The molecule has 112 valence electrons. The minimum atomic E-state index is -1.36. The summed E-state index contributed by atoms with van der Waals surface area (Å²) in [6.45, 7) is 1.86. The van der Waals surface area contributed by atoms with Gasteiger partial charge in [-0.25, -0.2) is 4.79 Å². The topological polar surface area (TPSA) is 94.8 Å². The summed E-state index contributed by atoms with van der Waals surface area (Å²) in [5.41, 5.74) is 1.10. The maximum atomic E-state index is 12.3. The van der Waals surface area contributed by atoms with Crippen molar-refractivity contribution in [3.8, 4) is 11.5 Å². The lowest BCUT2D eigenvalue weighted by molar-refractivity contribution is -0.132. The number of carbonyl (C=O) groups is 2. The molecule has 2 aromatic rings. The van der Waals surface area contributed by atoms with Crippen molar-refractivity contribution in [2.45, 2.75) is 6.92 Å². The van der Waals surface area contributed by atoms with Gasteiger partial charge < -0.3 is 15.3 Å². The van der Waals surface area contributed by atoms with Crippen LogP contribution in [0.15, 0.2) is 48.0 Å². The van der Waals surface area contributed by atoms with Gasteiger partial charge in [-0.2, -0.15) is 0 Å². The zero-order valence-corrected chi connectivity index (χ0v) is 11.8. The predicted molar refractivity (Wildman–Crippen MR) is 80.9 cm³/mol. The van der Waals surface area contributed by atoms with Gasteiger partial charge in [-0.15, -0.1) is 0 Å². The van der Waals surface area contributed by atoms with Gasteiger partial charge in [0.05, 0.1) is 0 Å². The van der Waals surface area contributed by atoms with Crippen LogP contribution in [0.4, 0.5) is 0 Å². The third kappa shape index (κ3) is 3.32. The molecule has 0 radical (unpaired) electrons. The van der Waals surface area contributed by atoms with Crippen molar-refractivity contribution >= 4 is 17.8 Å². The lowest BCUT2D eigenvalue weighted by atomic mass is 10.00. The highest BCUT2D eigenvalue weighted by molar-refractivity contribution is 6.26. The van der Waals surface area contributed by atoms with E-state index in [4.69, 9.17) is 0 Å². The van der Waals surface area contributed by atoms with Crippen molar-refractivity contribution in [3.05, 3.63) is 64.7 Å². The van der Waals surface area contributed by atoms with Crippen LogP contribution in [0, 0.1) is 6.92 Å². The number of phenols is 2. The summed E-state index contributed by atoms with van der Waals surface area (Å²) in [6.07, 6.45) is 1.16. The van der Waals surface area contributed by atoms with Gasteiger partial charge in [-0.3, -0.25) is 4.79 Å². The molecule has 0 fully saturated rings. The first kappa shape index (κ1) is 15.3. The summed E-state index contributed by atoms with van der Waals surface area (Å²) in [4.78, 5) is 23.6. The molecule has 0 bridgehead atoms. The number of hydrogen-bond acceptors (Lipinski definition) is 4. The number of aromatic hydroxyl groups is 2. The summed E-state index contributed by atoms with van der Waals surface area (Å²) in [5.74, 6) is -2.70. The fourth-order valence-corrected chi connectivity index (χ4v) is 1.88. The number of phenolic OH excluding ortho intramolecular Hbond substituents is 2. The lowest BCUT2D eigenvalue weighted by Crippen LogP contribution is -2.12. The fraction of sp³-hybridized carbons (Fsp3) is 0.0588. The number of Topliss-reactive ketones (excluding diaryl/α,β-unsaturated/α-hetero) is 1. The van der Waals surface area contributed by atoms with Crippen LogP contribution in [-0.4, -0.2) is 27.1 Å². The molecule has 0 amide bonds. The summed E-state index contributed by atoms with van der Waals surface area (Å²) in [6, 6.07) is 10.4. The average Bonchev–Trinajstić information content (AvgIpc) is 2.48. The average molecular weight is 298 g/mol. The van der Waals surface area contributed by atoms with Gasteiger partial charge in [-0.05, 0) is 30.7 Å². The van der Waals surface area contributed by atoms with Crippen LogP contribution in [0.5, 0.6) is 11.5 Å². The molecular formula is C17H14O5. The van der Waals surface area contributed by atoms with Gasteiger partial charge >= 0.3 is 5.97 Å². The van der Waals surface area contributed by atoms with E-state index in [0.717, 1.165) is 11.6 Å². The van der Waals surface area contributed by atoms with Crippen molar-refractivity contribution < 1.29 is 24.9 Å². The van der Waals surface area contributed by atoms with E-state index in [9.17, 15) is 24.9 Å². The number of hydrogen-bond donors (Lipinski definition) is 3. The van der Waals surface area contributed by atoms with E-state index in [1.165, 1.54) is 18.2 Å². The van der Waals surface area contributed by atoms with Crippen LogP contribution in [0.2, 0.25) is 0 Å². The molecule has 0 aliphatic carbocycles. The Morgan fingerprint density at radius 3 is 2.14 bits per heavy atom. The van der Waals surface area contributed by atoms with E-state index in [0.29, 0.717) is 5.56 Å². The quantitative estimate of drug-likeness (QED) is 0.265. The molecule has 3 N–H and O–H groups in total. The molecule has 0 spiro atoms. The van der Waals surface area contributed by atoms with Gasteiger partial charge in [0.2, 0.25) is 0 Å². The summed E-state index contributed by atoms with van der Waals surface area (Å²) >= 11 is 0. The van der Waals surface area contributed by atoms with Crippen LogP contribution >= 0.6 is 0 Å². The van der Waals surface area contributed by atoms with Crippen molar-refractivity contribution in [2.75, 3.05) is 0 Å². The summed E-state index contributed by atoms with van der Waals surface area (Å²) in [7, 11) is 0. The van der Waals surface area contributed by atoms with E-state index in [2.05, 4.69) is 0 Å². The maximum absolute atomic E-state index is 12.3. The molecule has 0 saturated carbocycles. The van der Waals surface area contributed by atoms with Crippen LogP contribution in [0.3, 0.4) is 0 Å². The second kappa shape index (κ2) is 6.13. The molecule has 5 heteroatoms. The predicted octanol–water partition coefficient (Wildman–Crippen LogP) is 2.76. The van der Waals surface area contributed by atoms with Crippen LogP contribution in [-0.2, 0) is 4.79 Å². The fourth-order valence-electron chi connectivity index (χ4n) is 1.88. The normalized spacial score (nSPS) is 11.2. The Morgan fingerprint density at radius 2 is 1.59 bits per heavy atom. The number of aryl methyl sites for hydroxylation is 1. The van der Waals surface area contributed by atoms with E-state index in [1.54, 1.807) is 24.3 Å². The molecular weight excluding hydrogens is 284 g/mol. The Bertz CT molecular complexity index is 757. The molecule has 5 nitrogen and oxygen atoms in total. The molecule has 0 saturated heterocycles. The first-order valence-electron chi connectivity index (χ1n) is 6.47. The zero-order valence-electron chi connectivity index (χ0n) is 11.8.